The van der Waals surface area contributed by atoms with Crippen LogP contribution in [0.1, 0.15) is 54.0 Å². The molecule has 2 aromatic carbocycles. The van der Waals surface area contributed by atoms with Gasteiger partial charge in [-0.1, -0.05) is 31.0 Å². The SMILES string of the molecule is [C-]#[N+]c1ccc2c(-c3cc(C4CCCC4)cc(C)c3C)[n+](C)c(C)cc2c1. The molecule has 0 N–H and O–H groups in total. The van der Waals surface area contributed by atoms with Crippen LogP contribution in [0.15, 0.2) is 36.4 Å². The molecule has 1 aliphatic rings. The van der Waals surface area contributed by atoms with E-state index in [4.69, 9.17) is 6.57 Å². The number of aryl methyl sites for hydroxylation is 2. The maximum Gasteiger partial charge on any atom is 0.220 e. The average molecular weight is 356 g/mol. The largest absolute Gasteiger partial charge is 0.238 e. The maximum atomic E-state index is 7.34. The predicted octanol–water partition coefficient (Wildman–Crippen LogP) is 6.46. The van der Waals surface area contributed by atoms with Gasteiger partial charge in [-0.3, -0.25) is 0 Å². The Morgan fingerprint density at radius 1 is 1.00 bits per heavy atom. The summed E-state index contributed by atoms with van der Waals surface area (Å²) in [5.41, 5.74) is 8.75. The molecule has 0 aliphatic heterocycles. The number of pyridine rings is 1. The Morgan fingerprint density at radius 3 is 2.44 bits per heavy atom. The van der Waals surface area contributed by atoms with Crippen LogP contribution in [0.3, 0.4) is 0 Å². The van der Waals surface area contributed by atoms with Crippen molar-refractivity contribution in [1.29, 1.82) is 0 Å². The summed E-state index contributed by atoms with van der Waals surface area (Å²) in [6, 6.07) is 13.1. The lowest BCUT2D eigenvalue weighted by atomic mass is 9.88. The van der Waals surface area contributed by atoms with Crippen molar-refractivity contribution in [2.75, 3.05) is 0 Å². The van der Waals surface area contributed by atoms with Gasteiger partial charge in [0.1, 0.15) is 7.05 Å². The van der Waals surface area contributed by atoms with Crippen LogP contribution in [-0.2, 0) is 7.05 Å². The Balaban J connectivity index is 2.02. The van der Waals surface area contributed by atoms with E-state index >= 15 is 0 Å². The Hall–Kier alpha value is -2.66. The Morgan fingerprint density at radius 2 is 1.74 bits per heavy atom. The van der Waals surface area contributed by atoms with E-state index in [9.17, 15) is 0 Å². The third-order valence-corrected chi connectivity index (χ3v) is 6.42. The molecular weight excluding hydrogens is 328 g/mol. The first-order chi connectivity index (χ1) is 13.0. The van der Waals surface area contributed by atoms with E-state index < -0.39 is 0 Å². The summed E-state index contributed by atoms with van der Waals surface area (Å²) in [6.07, 6.45) is 5.34. The highest BCUT2D eigenvalue weighted by Crippen LogP contribution is 2.39. The number of fused-ring (bicyclic) bond motifs is 1. The van der Waals surface area contributed by atoms with Gasteiger partial charge in [0.15, 0.2) is 11.4 Å². The molecule has 1 saturated carbocycles. The normalized spacial score (nSPS) is 14.6. The second-order valence-electron chi connectivity index (χ2n) is 8.07. The number of hydrogen-bond donors (Lipinski definition) is 0. The minimum absolute atomic E-state index is 0.703. The van der Waals surface area contributed by atoms with Crippen LogP contribution in [0.5, 0.6) is 0 Å². The van der Waals surface area contributed by atoms with E-state index in [0.717, 1.165) is 5.39 Å². The molecule has 0 amide bonds. The summed E-state index contributed by atoms with van der Waals surface area (Å²) in [7, 11) is 2.16. The Labute approximate surface area is 162 Å². The summed E-state index contributed by atoms with van der Waals surface area (Å²) in [5.74, 6) is 0.707. The van der Waals surface area contributed by atoms with Gasteiger partial charge in [-0.25, -0.2) is 4.85 Å². The molecule has 0 atom stereocenters. The van der Waals surface area contributed by atoms with Crippen LogP contribution in [-0.4, -0.2) is 0 Å². The summed E-state index contributed by atoms with van der Waals surface area (Å²) >= 11 is 0. The summed E-state index contributed by atoms with van der Waals surface area (Å²) < 4.78 is 2.31. The summed E-state index contributed by atoms with van der Waals surface area (Å²) in [5, 5.41) is 2.37. The molecule has 0 saturated heterocycles. The Bertz CT molecular complexity index is 1080. The third kappa shape index (κ3) is 3.02. The molecular formula is C25H27N2+. The van der Waals surface area contributed by atoms with Gasteiger partial charge in [-0.15, -0.1) is 0 Å². The lowest BCUT2D eigenvalue weighted by Crippen LogP contribution is -2.35. The monoisotopic (exact) mass is 355 g/mol. The third-order valence-electron chi connectivity index (χ3n) is 6.42. The number of nitrogens with zero attached hydrogens (tertiary/aromatic N) is 2. The van der Waals surface area contributed by atoms with Gasteiger partial charge in [0.05, 0.1) is 17.5 Å². The van der Waals surface area contributed by atoms with E-state index in [2.05, 4.69) is 61.5 Å². The molecule has 1 heterocycles. The van der Waals surface area contributed by atoms with Gasteiger partial charge in [0, 0.05) is 13.0 Å². The standard InChI is InChI=1S/C25H27N2/c1-16-12-20(19-8-6-7-9-19)15-24(18(16)3)25-23-11-10-22(26-4)14-21(23)13-17(2)27(25)5/h10-15,19H,6-9H2,1-3,5H3/q+1. The molecule has 27 heavy (non-hydrogen) atoms. The van der Waals surface area contributed by atoms with E-state index in [1.807, 2.05) is 12.1 Å². The molecule has 3 aromatic rings. The topological polar surface area (TPSA) is 8.24 Å². The quantitative estimate of drug-likeness (QED) is 0.368. The van der Waals surface area contributed by atoms with Crippen LogP contribution in [0.25, 0.3) is 26.9 Å². The predicted molar refractivity (Wildman–Crippen MR) is 112 cm³/mol. The average Bonchev–Trinajstić information content (AvgIpc) is 3.20. The number of aromatic nitrogens is 1. The first kappa shape index (κ1) is 17.7. The van der Waals surface area contributed by atoms with Crippen LogP contribution in [0.4, 0.5) is 5.69 Å². The zero-order valence-corrected chi connectivity index (χ0v) is 16.8. The molecule has 0 spiro atoms. The summed E-state index contributed by atoms with van der Waals surface area (Å²) in [6.45, 7) is 14.0. The van der Waals surface area contributed by atoms with Crippen molar-refractivity contribution in [1.82, 2.24) is 0 Å². The molecule has 2 heteroatoms. The second-order valence-corrected chi connectivity index (χ2v) is 8.07. The fraction of sp³-hybridized carbons (Fsp3) is 0.360. The Kier molecular flexibility index (Phi) is 4.48. The van der Waals surface area contributed by atoms with Gasteiger partial charge in [-0.2, -0.15) is 4.57 Å². The van der Waals surface area contributed by atoms with Crippen LogP contribution in [0.2, 0.25) is 0 Å². The van der Waals surface area contributed by atoms with Gasteiger partial charge >= 0.3 is 0 Å². The minimum Gasteiger partial charge on any atom is -0.238 e. The highest BCUT2D eigenvalue weighted by atomic mass is 14.9. The molecule has 136 valence electrons. The second kappa shape index (κ2) is 6.82. The smallest absolute Gasteiger partial charge is 0.220 e. The minimum atomic E-state index is 0.703. The van der Waals surface area contributed by atoms with E-state index in [1.165, 1.54) is 64.7 Å². The molecule has 0 bridgehead atoms. The van der Waals surface area contributed by atoms with Crippen molar-refractivity contribution >= 4 is 16.5 Å². The summed E-state index contributed by atoms with van der Waals surface area (Å²) in [4.78, 5) is 3.62. The lowest BCUT2D eigenvalue weighted by molar-refractivity contribution is -0.665. The number of rotatable bonds is 2. The van der Waals surface area contributed by atoms with Crippen LogP contribution in [0, 0.1) is 27.3 Å². The van der Waals surface area contributed by atoms with E-state index in [-0.39, 0.29) is 0 Å². The van der Waals surface area contributed by atoms with Crippen molar-refractivity contribution < 1.29 is 4.57 Å². The first-order valence-electron chi connectivity index (χ1n) is 9.92. The fourth-order valence-electron chi connectivity index (χ4n) is 4.59. The van der Waals surface area contributed by atoms with Gasteiger partial charge < -0.3 is 0 Å². The number of benzene rings is 2. The van der Waals surface area contributed by atoms with Crippen molar-refractivity contribution in [2.24, 2.45) is 7.05 Å². The molecule has 1 aromatic heterocycles. The van der Waals surface area contributed by atoms with Crippen molar-refractivity contribution in [3.8, 4) is 11.3 Å². The van der Waals surface area contributed by atoms with Crippen molar-refractivity contribution in [3.63, 3.8) is 0 Å². The zero-order valence-electron chi connectivity index (χ0n) is 16.8. The van der Waals surface area contributed by atoms with Crippen LogP contribution >= 0.6 is 0 Å². The molecule has 1 fully saturated rings. The number of hydrogen-bond acceptors (Lipinski definition) is 0. The van der Waals surface area contributed by atoms with E-state index in [1.54, 1.807) is 0 Å². The van der Waals surface area contributed by atoms with Gasteiger partial charge in [-0.05, 0) is 66.8 Å². The molecule has 4 rings (SSSR count). The van der Waals surface area contributed by atoms with Crippen molar-refractivity contribution in [3.05, 3.63) is 70.2 Å². The highest BCUT2D eigenvalue weighted by Gasteiger charge is 2.24. The highest BCUT2D eigenvalue weighted by molar-refractivity contribution is 5.96. The lowest BCUT2D eigenvalue weighted by Gasteiger charge is -2.17. The first-order valence-corrected chi connectivity index (χ1v) is 9.92. The molecule has 0 radical (unpaired) electrons. The van der Waals surface area contributed by atoms with Crippen LogP contribution < -0.4 is 4.57 Å². The molecule has 0 unspecified atom stereocenters. The zero-order chi connectivity index (χ0) is 19.1. The fourth-order valence-corrected chi connectivity index (χ4v) is 4.59. The van der Waals surface area contributed by atoms with Crippen molar-refractivity contribution in [2.45, 2.75) is 52.4 Å². The maximum absolute atomic E-state index is 7.34. The van der Waals surface area contributed by atoms with Gasteiger partial charge in [0.2, 0.25) is 5.69 Å². The molecule has 2 nitrogen and oxygen atoms in total. The van der Waals surface area contributed by atoms with E-state index in [0.29, 0.717) is 11.6 Å². The van der Waals surface area contributed by atoms with Gasteiger partial charge in [0.25, 0.3) is 0 Å². The molecule has 1 aliphatic carbocycles.